The Labute approximate surface area is 93.9 Å². The summed E-state index contributed by atoms with van der Waals surface area (Å²) in [5.74, 6) is 2.62. The van der Waals surface area contributed by atoms with Gasteiger partial charge in [-0.05, 0) is 49.9 Å². The predicted octanol–water partition coefficient (Wildman–Crippen LogP) is 3.80. The van der Waals surface area contributed by atoms with Crippen molar-refractivity contribution in [2.75, 3.05) is 13.2 Å². The topological polar surface area (TPSA) is 9.23 Å². The molecule has 0 aromatic heterocycles. The van der Waals surface area contributed by atoms with Crippen molar-refractivity contribution in [2.24, 2.45) is 17.8 Å². The van der Waals surface area contributed by atoms with Gasteiger partial charge in [-0.15, -0.1) is 0 Å². The molecular weight excluding hydrogens is 184 g/mol. The molecule has 2 aliphatic rings. The summed E-state index contributed by atoms with van der Waals surface area (Å²) in [6.45, 7) is 6.71. The summed E-state index contributed by atoms with van der Waals surface area (Å²) in [6, 6.07) is 0. The molecule has 1 nitrogen and oxygen atoms in total. The second-order valence-electron chi connectivity index (χ2n) is 5.57. The molecule has 1 heteroatoms. The number of rotatable bonds is 3. The standard InChI is InChI=1S/C14H24O/c1-11(2)14-5-3-12(4-6-14)9-13-7-8-15-10-13/h3,11,13-14H,4-10H2,1-2H3. The van der Waals surface area contributed by atoms with Gasteiger partial charge in [-0.2, -0.15) is 0 Å². The third kappa shape index (κ3) is 3.07. The number of ether oxygens (including phenoxy) is 1. The molecule has 2 atom stereocenters. The van der Waals surface area contributed by atoms with Crippen LogP contribution in [0.5, 0.6) is 0 Å². The van der Waals surface area contributed by atoms with Crippen LogP contribution >= 0.6 is 0 Å². The first-order valence-corrected chi connectivity index (χ1v) is 6.51. The van der Waals surface area contributed by atoms with Crippen LogP contribution in [0.15, 0.2) is 11.6 Å². The Hall–Kier alpha value is -0.300. The van der Waals surface area contributed by atoms with Crippen molar-refractivity contribution < 1.29 is 4.74 Å². The van der Waals surface area contributed by atoms with Gasteiger partial charge in [-0.3, -0.25) is 0 Å². The van der Waals surface area contributed by atoms with E-state index < -0.39 is 0 Å². The minimum absolute atomic E-state index is 0.826. The molecular formula is C14H24O. The summed E-state index contributed by atoms with van der Waals surface area (Å²) in [4.78, 5) is 0. The molecule has 1 heterocycles. The lowest BCUT2D eigenvalue weighted by molar-refractivity contribution is 0.185. The molecule has 0 saturated carbocycles. The van der Waals surface area contributed by atoms with Gasteiger partial charge in [0, 0.05) is 13.2 Å². The maximum absolute atomic E-state index is 5.43. The Kier molecular flexibility index (Phi) is 3.85. The molecule has 0 aromatic rings. The lowest BCUT2D eigenvalue weighted by Gasteiger charge is -2.25. The maximum Gasteiger partial charge on any atom is 0.0498 e. The second kappa shape index (κ2) is 5.16. The van der Waals surface area contributed by atoms with E-state index in [0.717, 1.165) is 31.0 Å². The zero-order valence-corrected chi connectivity index (χ0v) is 10.2. The van der Waals surface area contributed by atoms with E-state index in [0.29, 0.717) is 0 Å². The number of hydrogen-bond acceptors (Lipinski definition) is 1. The highest BCUT2D eigenvalue weighted by Gasteiger charge is 2.21. The van der Waals surface area contributed by atoms with Crippen LogP contribution < -0.4 is 0 Å². The highest BCUT2D eigenvalue weighted by atomic mass is 16.5. The highest BCUT2D eigenvalue weighted by Crippen LogP contribution is 2.33. The summed E-state index contributed by atoms with van der Waals surface area (Å²) in [5, 5.41) is 0. The van der Waals surface area contributed by atoms with Crippen molar-refractivity contribution >= 4 is 0 Å². The normalized spacial score (nSPS) is 32.1. The third-order valence-electron chi connectivity index (χ3n) is 4.06. The minimum atomic E-state index is 0.826. The molecule has 2 unspecified atom stereocenters. The van der Waals surface area contributed by atoms with Gasteiger partial charge in [-0.25, -0.2) is 0 Å². The summed E-state index contributed by atoms with van der Waals surface area (Å²) in [7, 11) is 0. The fourth-order valence-electron chi connectivity index (χ4n) is 2.81. The van der Waals surface area contributed by atoms with E-state index >= 15 is 0 Å². The largest absolute Gasteiger partial charge is 0.381 e. The molecule has 0 amide bonds. The number of hydrogen-bond donors (Lipinski definition) is 0. The first kappa shape index (κ1) is 11.2. The Morgan fingerprint density at radius 2 is 2.27 bits per heavy atom. The van der Waals surface area contributed by atoms with Gasteiger partial charge >= 0.3 is 0 Å². The lowest BCUT2D eigenvalue weighted by atomic mass is 9.80. The van der Waals surface area contributed by atoms with Crippen molar-refractivity contribution in [2.45, 2.75) is 46.0 Å². The zero-order chi connectivity index (χ0) is 10.7. The van der Waals surface area contributed by atoms with Gasteiger partial charge in [0.25, 0.3) is 0 Å². The van der Waals surface area contributed by atoms with E-state index in [1.807, 2.05) is 0 Å². The van der Waals surface area contributed by atoms with Crippen molar-refractivity contribution in [3.8, 4) is 0 Å². The van der Waals surface area contributed by atoms with E-state index in [1.54, 1.807) is 5.57 Å². The van der Waals surface area contributed by atoms with E-state index in [2.05, 4.69) is 19.9 Å². The van der Waals surface area contributed by atoms with Gasteiger partial charge in [0.15, 0.2) is 0 Å². The predicted molar refractivity (Wildman–Crippen MR) is 63.8 cm³/mol. The maximum atomic E-state index is 5.43. The fourth-order valence-corrected chi connectivity index (χ4v) is 2.81. The van der Waals surface area contributed by atoms with Gasteiger partial charge in [-0.1, -0.05) is 25.5 Å². The molecule has 1 saturated heterocycles. The van der Waals surface area contributed by atoms with E-state index in [4.69, 9.17) is 4.74 Å². The quantitative estimate of drug-likeness (QED) is 0.641. The van der Waals surface area contributed by atoms with E-state index in [9.17, 15) is 0 Å². The third-order valence-corrected chi connectivity index (χ3v) is 4.06. The van der Waals surface area contributed by atoms with Gasteiger partial charge in [0.1, 0.15) is 0 Å². The van der Waals surface area contributed by atoms with Crippen LogP contribution in [0.25, 0.3) is 0 Å². The average molecular weight is 208 g/mol. The molecule has 0 spiro atoms. The summed E-state index contributed by atoms with van der Waals surface area (Å²) < 4.78 is 5.43. The van der Waals surface area contributed by atoms with Crippen LogP contribution in [0.2, 0.25) is 0 Å². The van der Waals surface area contributed by atoms with E-state index in [1.165, 1.54) is 32.1 Å². The molecule has 1 aliphatic heterocycles. The number of allylic oxidation sites excluding steroid dienone is 2. The molecule has 0 aromatic carbocycles. The molecule has 1 aliphatic carbocycles. The van der Waals surface area contributed by atoms with Crippen LogP contribution in [-0.4, -0.2) is 13.2 Å². The SMILES string of the molecule is CC(C)C1CC=C(CC2CCOC2)CC1. The van der Waals surface area contributed by atoms with Gasteiger partial charge < -0.3 is 4.74 Å². The minimum Gasteiger partial charge on any atom is -0.381 e. The molecule has 2 rings (SSSR count). The molecule has 0 bridgehead atoms. The summed E-state index contributed by atoms with van der Waals surface area (Å²) in [5.41, 5.74) is 1.71. The Bertz CT molecular complexity index is 223. The van der Waals surface area contributed by atoms with Gasteiger partial charge in [0.2, 0.25) is 0 Å². The van der Waals surface area contributed by atoms with Crippen molar-refractivity contribution in [1.82, 2.24) is 0 Å². The highest BCUT2D eigenvalue weighted by molar-refractivity contribution is 5.08. The molecule has 0 radical (unpaired) electrons. The van der Waals surface area contributed by atoms with Crippen LogP contribution in [0.3, 0.4) is 0 Å². The second-order valence-corrected chi connectivity index (χ2v) is 5.57. The van der Waals surface area contributed by atoms with E-state index in [-0.39, 0.29) is 0 Å². The monoisotopic (exact) mass is 208 g/mol. The molecule has 15 heavy (non-hydrogen) atoms. The van der Waals surface area contributed by atoms with Crippen molar-refractivity contribution in [3.63, 3.8) is 0 Å². The smallest absolute Gasteiger partial charge is 0.0498 e. The Morgan fingerprint density at radius 3 is 2.80 bits per heavy atom. The summed E-state index contributed by atoms with van der Waals surface area (Å²) in [6.07, 6.45) is 9.19. The van der Waals surface area contributed by atoms with Crippen LogP contribution in [-0.2, 0) is 4.74 Å². The first-order chi connectivity index (χ1) is 7.25. The lowest BCUT2D eigenvalue weighted by Crippen LogP contribution is -2.13. The van der Waals surface area contributed by atoms with Crippen molar-refractivity contribution in [3.05, 3.63) is 11.6 Å². The average Bonchev–Trinajstić information content (AvgIpc) is 2.71. The first-order valence-electron chi connectivity index (χ1n) is 6.51. The summed E-state index contributed by atoms with van der Waals surface area (Å²) >= 11 is 0. The van der Waals surface area contributed by atoms with Crippen LogP contribution in [0.4, 0.5) is 0 Å². The zero-order valence-electron chi connectivity index (χ0n) is 10.2. The molecule has 0 N–H and O–H groups in total. The van der Waals surface area contributed by atoms with Gasteiger partial charge in [0.05, 0.1) is 0 Å². The van der Waals surface area contributed by atoms with Crippen molar-refractivity contribution in [1.29, 1.82) is 0 Å². The van der Waals surface area contributed by atoms with Crippen LogP contribution in [0, 0.1) is 17.8 Å². The van der Waals surface area contributed by atoms with Crippen LogP contribution in [0.1, 0.15) is 46.0 Å². The molecule has 1 fully saturated rings. The molecule has 86 valence electrons. The Balaban J connectivity index is 1.79. The fraction of sp³-hybridized carbons (Fsp3) is 0.857. The Morgan fingerprint density at radius 1 is 1.40 bits per heavy atom.